The number of ether oxygens (including phenoxy) is 1. The van der Waals surface area contributed by atoms with Crippen LogP contribution in [0.1, 0.15) is 32.8 Å². The average Bonchev–Trinajstić information content (AvgIpc) is 2.96. The van der Waals surface area contributed by atoms with Crippen LogP contribution in [0.25, 0.3) is 0 Å². The Bertz CT molecular complexity index is 1480. The third kappa shape index (κ3) is 8.53. The van der Waals surface area contributed by atoms with Gasteiger partial charge in [-0.15, -0.1) is 0 Å². The zero-order valence-electron chi connectivity index (χ0n) is 23.8. The SMILES string of the molecule is CCC(C(=O)NCC(C)C)N(Cc1ccc(Cl)cc1Cl)C(=O)CN(c1ccc(Cl)cc1)S(=O)(=O)c1ccc(OC)cc1. The lowest BCUT2D eigenvalue weighted by Crippen LogP contribution is -2.52. The van der Waals surface area contributed by atoms with Crippen LogP contribution in [0.4, 0.5) is 5.69 Å². The number of hydrogen-bond acceptors (Lipinski definition) is 5. The molecule has 0 fully saturated rings. The molecular weight excluding hydrogens is 621 g/mol. The lowest BCUT2D eigenvalue weighted by molar-refractivity contribution is -0.140. The number of carbonyl (C=O) groups excluding carboxylic acids is 2. The van der Waals surface area contributed by atoms with Crippen molar-refractivity contribution in [3.8, 4) is 5.75 Å². The van der Waals surface area contributed by atoms with Crippen molar-refractivity contribution >= 4 is 62.3 Å². The molecule has 3 aromatic rings. The Labute approximate surface area is 262 Å². The zero-order chi connectivity index (χ0) is 31.0. The van der Waals surface area contributed by atoms with Crippen molar-refractivity contribution in [2.24, 2.45) is 5.92 Å². The molecule has 226 valence electrons. The summed E-state index contributed by atoms with van der Waals surface area (Å²) in [6.45, 7) is 5.50. The summed E-state index contributed by atoms with van der Waals surface area (Å²) in [5.74, 6) is -0.274. The van der Waals surface area contributed by atoms with Crippen LogP contribution in [0, 0.1) is 5.92 Å². The standard InChI is InChI=1S/C30H34Cl3N3O5S/c1-5-28(30(38)34-17-20(2)3)35(18-21-6-7-23(32)16-27(21)33)29(37)19-36(24-10-8-22(31)9-11-24)42(39,40)26-14-12-25(41-4)13-15-26/h6-16,20,28H,5,17-19H2,1-4H3,(H,34,38). The van der Waals surface area contributed by atoms with Gasteiger partial charge in [-0.1, -0.05) is 61.6 Å². The molecule has 0 bridgehead atoms. The molecule has 1 unspecified atom stereocenters. The van der Waals surface area contributed by atoms with Crippen LogP contribution in [0.15, 0.2) is 71.6 Å². The Kier molecular flexibility index (Phi) is 11.9. The molecular formula is C30H34Cl3N3O5S. The van der Waals surface area contributed by atoms with Gasteiger partial charge < -0.3 is 15.0 Å². The third-order valence-electron chi connectivity index (χ3n) is 6.47. The number of nitrogens with one attached hydrogen (secondary N) is 1. The second-order valence-corrected chi connectivity index (χ2v) is 13.1. The van der Waals surface area contributed by atoms with E-state index in [9.17, 15) is 18.0 Å². The molecule has 0 aliphatic carbocycles. The Morgan fingerprint density at radius 1 is 0.929 bits per heavy atom. The van der Waals surface area contributed by atoms with Gasteiger partial charge in [-0.3, -0.25) is 13.9 Å². The second kappa shape index (κ2) is 15.0. The average molecular weight is 655 g/mol. The highest BCUT2D eigenvalue weighted by molar-refractivity contribution is 7.92. The molecule has 0 saturated heterocycles. The van der Waals surface area contributed by atoms with Crippen molar-refractivity contribution < 1.29 is 22.7 Å². The maximum absolute atomic E-state index is 14.1. The van der Waals surface area contributed by atoms with E-state index in [1.165, 1.54) is 60.5 Å². The van der Waals surface area contributed by atoms with E-state index in [-0.39, 0.29) is 35.4 Å². The summed E-state index contributed by atoms with van der Waals surface area (Å²) in [6, 6.07) is 15.9. The minimum Gasteiger partial charge on any atom is -0.497 e. The van der Waals surface area contributed by atoms with Crippen LogP contribution in [-0.2, 0) is 26.2 Å². The summed E-state index contributed by atoms with van der Waals surface area (Å²) in [7, 11) is -2.76. The quantitative estimate of drug-likeness (QED) is 0.229. The number of carbonyl (C=O) groups is 2. The summed E-state index contributed by atoms with van der Waals surface area (Å²) >= 11 is 18.6. The first-order valence-electron chi connectivity index (χ1n) is 13.3. The minimum absolute atomic E-state index is 0.0416. The summed E-state index contributed by atoms with van der Waals surface area (Å²) in [5.41, 5.74) is 0.783. The van der Waals surface area contributed by atoms with E-state index in [1.807, 2.05) is 13.8 Å². The first-order chi connectivity index (χ1) is 19.9. The summed E-state index contributed by atoms with van der Waals surface area (Å²) in [4.78, 5) is 28.7. The predicted octanol–water partition coefficient (Wildman–Crippen LogP) is 6.43. The smallest absolute Gasteiger partial charge is 0.264 e. The minimum atomic E-state index is -4.24. The van der Waals surface area contributed by atoms with Crippen molar-refractivity contribution in [2.45, 2.75) is 44.7 Å². The van der Waals surface area contributed by atoms with Crippen LogP contribution in [0.5, 0.6) is 5.75 Å². The van der Waals surface area contributed by atoms with Gasteiger partial charge in [-0.05, 0) is 78.6 Å². The van der Waals surface area contributed by atoms with E-state index in [1.54, 1.807) is 25.1 Å². The van der Waals surface area contributed by atoms with Crippen molar-refractivity contribution in [1.29, 1.82) is 0 Å². The molecule has 42 heavy (non-hydrogen) atoms. The van der Waals surface area contributed by atoms with Crippen molar-refractivity contribution in [3.63, 3.8) is 0 Å². The summed E-state index contributed by atoms with van der Waals surface area (Å²) < 4.78 is 34.1. The van der Waals surface area contributed by atoms with E-state index in [0.717, 1.165) is 4.31 Å². The van der Waals surface area contributed by atoms with Crippen molar-refractivity contribution in [1.82, 2.24) is 10.2 Å². The number of hydrogen-bond donors (Lipinski definition) is 1. The largest absolute Gasteiger partial charge is 0.497 e. The fourth-order valence-corrected chi connectivity index (χ4v) is 6.19. The highest BCUT2D eigenvalue weighted by atomic mass is 35.5. The maximum atomic E-state index is 14.1. The number of halogens is 3. The molecule has 0 radical (unpaired) electrons. The van der Waals surface area contributed by atoms with E-state index >= 15 is 0 Å². The zero-order valence-corrected chi connectivity index (χ0v) is 26.9. The van der Waals surface area contributed by atoms with Gasteiger partial charge in [0.2, 0.25) is 11.8 Å². The maximum Gasteiger partial charge on any atom is 0.264 e. The molecule has 3 rings (SSSR count). The van der Waals surface area contributed by atoms with Crippen LogP contribution in [-0.4, -0.2) is 51.4 Å². The molecule has 8 nitrogen and oxygen atoms in total. The molecule has 0 aliphatic rings. The molecule has 0 saturated carbocycles. The van der Waals surface area contributed by atoms with Gasteiger partial charge >= 0.3 is 0 Å². The Hall–Kier alpha value is -2.98. The summed E-state index contributed by atoms with van der Waals surface area (Å²) in [6.07, 6.45) is 0.285. The highest BCUT2D eigenvalue weighted by Gasteiger charge is 2.34. The fraction of sp³-hybridized carbons (Fsp3) is 0.333. The van der Waals surface area contributed by atoms with E-state index < -0.39 is 28.5 Å². The number of benzene rings is 3. The van der Waals surface area contributed by atoms with Gasteiger partial charge in [0.1, 0.15) is 18.3 Å². The van der Waals surface area contributed by atoms with Gasteiger partial charge in [0.15, 0.2) is 0 Å². The number of sulfonamides is 1. The van der Waals surface area contributed by atoms with Gasteiger partial charge in [-0.25, -0.2) is 8.42 Å². The lowest BCUT2D eigenvalue weighted by Gasteiger charge is -2.33. The molecule has 0 aromatic heterocycles. The first kappa shape index (κ1) is 33.5. The van der Waals surface area contributed by atoms with Gasteiger partial charge in [0.05, 0.1) is 17.7 Å². The fourth-order valence-electron chi connectivity index (χ4n) is 4.19. The first-order valence-corrected chi connectivity index (χ1v) is 15.9. The topological polar surface area (TPSA) is 96.0 Å². The van der Waals surface area contributed by atoms with E-state index in [4.69, 9.17) is 39.5 Å². The van der Waals surface area contributed by atoms with Crippen molar-refractivity contribution in [2.75, 3.05) is 24.5 Å². The molecule has 0 spiro atoms. The molecule has 2 amide bonds. The number of rotatable bonds is 13. The molecule has 1 N–H and O–H groups in total. The van der Waals surface area contributed by atoms with Crippen LogP contribution < -0.4 is 14.4 Å². The van der Waals surface area contributed by atoms with Crippen LogP contribution >= 0.6 is 34.8 Å². The Balaban J connectivity index is 2.06. The second-order valence-electron chi connectivity index (χ2n) is 9.98. The van der Waals surface area contributed by atoms with Gasteiger partial charge in [0.25, 0.3) is 10.0 Å². The number of anilines is 1. The van der Waals surface area contributed by atoms with E-state index in [0.29, 0.717) is 32.9 Å². The van der Waals surface area contributed by atoms with Crippen LogP contribution in [0.3, 0.4) is 0 Å². The summed E-state index contributed by atoms with van der Waals surface area (Å²) in [5, 5.41) is 4.03. The van der Waals surface area contributed by atoms with Crippen molar-refractivity contribution in [3.05, 3.63) is 87.4 Å². The Morgan fingerprint density at radius 2 is 1.55 bits per heavy atom. The molecule has 0 aliphatic heterocycles. The highest BCUT2D eigenvalue weighted by Crippen LogP contribution is 2.28. The number of amides is 2. The molecule has 1 atom stereocenters. The van der Waals surface area contributed by atoms with E-state index in [2.05, 4.69) is 5.32 Å². The molecule has 12 heteroatoms. The predicted molar refractivity (Wildman–Crippen MR) is 168 cm³/mol. The molecule has 3 aromatic carbocycles. The molecule has 0 heterocycles. The van der Waals surface area contributed by atoms with Gasteiger partial charge in [-0.2, -0.15) is 0 Å². The normalized spacial score (nSPS) is 12.1. The third-order valence-corrected chi connectivity index (χ3v) is 9.09. The van der Waals surface area contributed by atoms with Gasteiger partial charge in [0, 0.05) is 28.2 Å². The lowest BCUT2D eigenvalue weighted by atomic mass is 10.1. The number of nitrogens with zero attached hydrogens (tertiary/aromatic N) is 2. The Morgan fingerprint density at radius 3 is 2.10 bits per heavy atom. The number of methoxy groups -OCH3 is 1. The van der Waals surface area contributed by atoms with Crippen LogP contribution in [0.2, 0.25) is 15.1 Å². The monoisotopic (exact) mass is 653 g/mol.